The summed E-state index contributed by atoms with van der Waals surface area (Å²) in [4.78, 5) is 9.76. The average molecular weight is 247 g/mol. The van der Waals surface area contributed by atoms with Crippen LogP contribution in [0.1, 0.15) is 35.3 Å². The fourth-order valence-corrected chi connectivity index (χ4v) is 2.42. The normalized spacial score (nSPS) is 12.6. The maximum Gasteiger partial charge on any atom is 0.107 e. The molecule has 2 aromatic heterocycles. The molecule has 1 unspecified atom stereocenters. The van der Waals surface area contributed by atoms with Crippen molar-refractivity contribution >= 4 is 11.3 Å². The van der Waals surface area contributed by atoms with Crippen LogP contribution >= 0.6 is 11.3 Å². The van der Waals surface area contributed by atoms with Gasteiger partial charge in [-0.25, -0.2) is 4.98 Å². The molecule has 1 atom stereocenters. The third kappa shape index (κ3) is 3.35. The Balaban J connectivity index is 1.90. The molecule has 2 rings (SSSR count). The lowest BCUT2D eigenvalue weighted by atomic mass is 10.1. The quantitative estimate of drug-likeness (QED) is 0.882. The second-order valence-electron chi connectivity index (χ2n) is 3.96. The summed E-state index contributed by atoms with van der Waals surface area (Å²) in [5.41, 5.74) is 1.26. The van der Waals surface area contributed by atoms with Gasteiger partial charge in [0.2, 0.25) is 0 Å². The van der Waals surface area contributed by atoms with Gasteiger partial charge in [-0.1, -0.05) is 6.92 Å². The first kappa shape index (κ1) is 12.2. The van der Waals surface area contributed by atoms with Crippen LogP contribution in [0.3, 0.4) is 0 Å². The number of pyridine rings is 1. The van der Waals surface area contributed by atoms with E-state index in [1.165, 1.54) is 10.4 Å². The summed E-state index contributed by atoms with van der Waals surface area (Å²) in [6, 6.07) is 4.40. The Hall–Kier alpha value is -1.26. The second-order valence-corrected chi connectivity index (χ2v) is 5.16. The Bertz CT molecular complexity index is 453. The third-order valence-corrected chi connectivity index (χ3v) is 3.86. The van der Waals surface area contributed by atoms with Gasteiger partial charge in [0, 0.05) is 36.1 Å². The van der Waals surface area contributed by atoms with Crippen LogP contribution in [-0.4, -0.2) is 9.97 Å². The van der Waals surface area contributed by atoms with Crippen molar-refractivity contribution in [2.45, 2.75) is 32.9 Å². The lowest BCUT2D eigenvalue weighted by molar-refractivity contribution is 0.572. The molecule has 0 saturated carbocycles. The van der Waals surface area contributed by atoms with Gasteiger partial charge in [-0.3, -0.25) is 4.98 Å². The number of thiazole rings is 1. The topological polar surface area (TPSA) is 37.8 Å². The molecule has 17 heavy (non-hydrogen) atoms. The fourth-order valence-electron chi connectivity index (χ4n) is 1.60. The van der Waals surface area contributed by atoms with Crippen LogP contribution < -0.4 is 5.32 Å². The van der Waals surface area contributed by atoms with Crippen LogP contribution in [0.2, 0.25) is 0 Å². The molecule has 1 N–H and O–H groups in total. The minimum Gasteiger partial charge on any atom is -0.304 e. The maximum atomic E-state index is 4.40. The Morgan fingerprint density at radius 2 is 2.12 bits per heavy atom. The highest BCUT2D eigenvalue weighted by Gasteiger charge is 2.06. The van der Waals surface area contributed by atoms with Crippen molar-refractivity contribution in [3.63, 3.8) is 0 Å². The largest absolute Gasteiger partial charge is 0.304 e. The van der Waals surface area contributed by atoms with Crippen LogP contribution in [0.25, 0.3) is 0 Å². The highest BCUT2D eigenvalue weighted by atomic mass is 32.1. The maximum absolute atomic E-state index is 4.40. The molecule has 2 aromatic rings. The molecule has 2 heterocycles. The van der Waals surface area contributed by atoms with Crippen molar-refractivity contribution < 1.29 is 0 Å². The molecule has 0 saturated heterocycles. The summed E-state index contributed by atoms with van der Waals surface area (Å²) < 4.78 is 0. The highest BCUT2D eigenvalue weighted by molar-refractivity contribution is 7.11. The van der Waals surface area contributed by atoms with Crippen molar-refractivity contribution in [2.24, 2.45) is 0 Å². The smallest absolute Gasteiger partial charge is 0.107 e. The molecule has 0 aromatic carbocycles. The Morgan fingerprint density at radius 3 is 2.76 bits per heavy atom. The van der Waals surface area contributed by atoms with Crippen molar-refractivity contribution in [2.75, 3.05) is 0 Å². The molecule has 0 amide bonds. The molecule has 4 heteroatoms. The molecule has 3 nitrogen and oxygen atoms in total. The molecule has 0 aliphatic carbocycles. The molecular formula is C13H17N3S. The van der Waals surface area contributed by atoms with Crippen molar-refractivity contribution in [1.82, 2.24) is 15.3 Å². The summed E-state index contributed by atoms with van der Waals surface area (Å²) >= 11 is 1.78. The van der Waals surface area contributed by atoms with Crippen molar-refractivity contribution in [1.29, 1.82) is 0 Å². The van der Waals surface area contributed by atoms with Crippen LogP contribution in [0.4, 0.5) is 0 Å². The van der Waals surface area contributed by atoms with E-state index >= 15 is 0 Å². The van der Waals surface area contributed by atoms with E-state index in [1.54, 1.807) is 11.3 Å². The van der Waals surface area contributed by atoms with Gasteiger partial charge in [-0.05, 0) is 31.0 Å². The van der Waals surface area contributed by atoms with Gasteiger partial charge in [-0.2, -0.15) is 0 Å². The van der Waals surface area contributed by atoms with Gasteiger partial charge in [-0.15, -0.1) is 11.3 Å². The van der Waals surface area contributed by atoms with Gasteiger partial charge >= 0.3 is 0 Å². The number of aromatic nitrogens is 2. The minimum absolute atomic E-state index is 0.326. The van der Waals surface area contributed by atoms with Crippen molar-refractivity contribution in [3.8, 4) is 0 Å². The van der Waals surface area contributed by atoms with Gasteiger partial charge in [0.1, 0.15) is 5.01 Å². The molecule has 0 radical (unpaired) electrons. The first-order valence-electron chi connectivity index (χ1n) is 5.86. The van der Waals surface area contributed by atoms with Crippen LogP contribution in [0.15, 0.2) is 30.7 Å². The van der Waals surface area contributed by atoms with Crippen LogP contribution in [-0.2, 0) is 13.0 Å². The van der Waals surface area contributed by atoms with E-state index in [0.717, 1.165) is 18.0 Å². The Kier molecular flexibility index (Phi) is 4.23. The molecule has 0 bridgehead atoms. The number of hydrogen-bond acceptors (Lipinski definition) is 4. The summed E-state index contributed by atoms with van der Waals surface area (Å²) in [5.74, 6) is 0. The minimum atomic E-state index is 0.326. The number of aryl methyl sites for hydroxylation is 1. The van der Waals surface area contributed by atoms with Gasteiger partial charge in [0.05, 0.1) is 0 Å². The molecule has 0 aliphatic heterocycles. The third-order valence-electron chi connectivity index (χ3n) is 2.72. The highest BCUT2D eigenvalue weighted by Crippen LogP contribution is 2.15. The number of nitrogens with one attached hydrogen (secondary N) is 1. The van der Waals surface area contributed by atoms with Crippen molar-refractivity contribution in [3.05, 3.63) is 46.2 Å². The van der Waals surface area contributed by atoms with E-state index in [-0.39, 0.29) is 0 Å². The van der Waals surface area contributed by atoms with E-state index in [4.69, 9.17) is 0 Å². The molecular weight excluding hydrogens is 230 g/mol. The number of rotatable bonds is 5. The summed E-state index contributed by atoms with van der Waals surface area (Å²) in [6.07, 6.45) is 6.69. The van der Waals surface area contributed by atoms with Gasteiger partial charge in [0.25, 0.3) is 0 Å². The van der Waals surface area contributed by atoms with Crippen LogP contribution in [0.5, 0.6) is 0 Å². The standard InChI is InChI=1S/C13H17N3S/c1-3-12-8-16-13(17-12)9-15-10(2)11-4-6-14-7-5-11/h4-8,10,15H,3,9H2,1-2H3. The first-order valence-corrected chi connectivity index (χ1v) is 6.68. The zero-order chi connectivity index (χ0) is 12.1. The van der Waals surface area contributed by atoms with Gasteiger partial charge in [0.15, 0.2) is 0 Å². The number of hydrogen-bond donors (Lipinski definition) is 1. The van der Waals surface area contributed by atoms with E-state index in [2.05, 4.69) is 29.1 Å². The average Bonchev–Trinajstić information content (AvgIpc) is 2.85. The molecule has 0 spiro atoms. The predicted octanol–water partition coefficient (Wildman–Crippen LogP) is 2.95. The number of nitrogens with zero attached hydrogens (tertiary/aromatic N) is 2. The Labute approximate surface area is 106 Å². The van der Waals surface area contributed by atoms with Gasteiger partial charge < -0.3 is 5.32 Å². The summed E-state index contributed by atoms with van der Waals surface area (Å²) in [7, 11) is 0. The summed E-state index contributed by atoms with van der Waals surface area (Å²) in [6.45, 7) is 5.14. The van der Waals surface area contributed by atoms with Crippen LogP contribution in [0, 0.1) is 0 Å². The zero-order valence-corrected chi connectivity index (χ0v) is 11.0. The van der Waals surface area contributed by atoms with E-state index in [0.29, 0.717) is 6.04 Å². The first-order chi connectivity index (χ1) is 8.29. The zero-order valence-electron chi connectivity index (χ0n) is 10.2. The second kappa shape index (κ2) is 5.89. The molecule has 0 aliphatic rings. The Morgan fingerprint density at radius 1 is 1.35 bits per heavy atom. The summed E-state index contributed by atoms with van der Waals surface area (Å²) in [5, 5.41) is 4.63. The lowest BCUT2D eigenvalue weighted by Crippen LogP contribution is -2.17. The predicted molar refractivity (Wildman–Crippen MR) is 71.0 cm³/mol. The SMILES string of the molecule is CCc1cnc(CNC(C)c2ccncc2)s1. The molecule has 90 valence electrons. The van der Waals surface area contributed by atoms with E-state index in [9.17, 15) is 0 Å². The fraction of sp³-hybridized carbons (Fsp3) is 0.385. The monoisotopic (exact) mass is 247 g/mol. The lowest BCUT2D eigenvalue weighted by Gasteiger charge is -2.12. The van der Waals surface area contributed by atoms with E-state index in [1.807, 2.05) is 30.7 Å². The molecule has 0 fully saturated rings. The van der Waals surface area contributed by atoms with E-state index < -0.39 is 0 Å².